The summed E-state index contributed by atoms with van der Waals surface area (Å²) < 4.78 is 20.7. The summed E-state index contributed by atoms with van der Waals surface area (Å²) in [5, 5.41) is 5.00. The molecular weight excluding hydrogens is 259 g/mol. The summed E-state index contributed by atoms with van der Waals surface area (Å²) in [6.07, 6.45) is 0. The second-order valence-electron chi connectivity index (χ2n) is 4.76. The Morgan fingerprint density at radius 2 is 2.15 bits per heavy atom. The van der Waals surface area contributed by atoms with Gasteiger partial charge in [0.15, 0.2) is 0 Å². The smallest absolute Gasteiger partial charge is 0.134 e. The molecule has 3 aromatic rings. The van der Waals surface area contributed by atoms with Crippen LogP contribution in [0.3, 0.4) is 0 Å². The minimum atomic E-state index is -0.336. The van der Waals surface area contributed by atoms with Crippen molar-refractivity contribution < 1.29 is 8.81 Å². The van der Waals surface area contributed by atoms with Crippen molar-refractivity contribution in [2.75, 3.05) is 0 Å². The molecule has 6 heteroatoms. The maximum absolute atomic E-state index is 13.2. The van der Waals surface area contributed by atoms with Crippen molar-refractivity contribution in [3.8, 4) is 0 Å². The molecule has 0 aliphatic carbocycles. The fourth-order valence-corrected chi connectivity index (χ4v) is 2.39. The molecule has 104 valence electrons. The van der Waals surface area contributed by atoms with Gasteiger partial charge in [-0.25, -0.2) is 9.82 Å². The molecule has 1 aromatic carbocycles. The monoisotopic (exact) mass is 274 g/mol. The first kappa shape index (κ1) is 12.8. The summed E-state index contributed by atoms with van der Waals surface area (Å²) in [6, 6.07) is 7.79. The lowest BCUT2D eigenvalue weighted by atomic mass is 10.1. The molecule has 0 bridgehead atoms. The third-order valence-corrected chi connectivity index (χ3v) is 3.28. The van der Waals surface area contributed by atoms with Crippen molar-refractivity contribution in [2.24, 2.45) is 12.9 Å². The van der Waals surface area contributed by atoms with E-state index in [9.17, 15) is 4.39 Å². The highest BCUT2D eigenvalue weighted by Crippen LogP contribution is 2.28. The van der Waals surface area contributed by atoms with Crippen LogP contribution in [0.5, 0.6) is 0 Å². The van der Waals surface area contributed by atoms with Gasteiger partial charge >= 0.3 is 0 Å². The van der Waals surface area contributed by atoms with Crippen LogP contribution in [0, 0.1) is 12.7 Å². The zero-order valence-electron chi connectivity index (χ0n) is 11.2. The molecule has 0 aliphatic heterocycles. The summed E-state index contributed by atoms with van der Waals surface area (Å²) in [7, 11) is 1.84. The number of furan rings is 1. The van der Waals surface area contributed by atoms with Gasteiger partial charge in [-0.1, -0.05) is 0 Å². The first-order chi connectivity index (χ1) is 9.58. The zero-order valence-corrected chi connectivity index (χ0v) is 11.2. The predicted octanol–water partition coefficient (Wildman–Crippen LogP) is 2.17. The van der Waals surface area contributed by atoms with Crippen molar-refractivity contribution in [2.45, 2.75) is 13.0 Å². The highest BCUT2D eigenvalue weighted by molar-refractivity contribution is 5.78. The molecule has 1 atom stereocenters. The second-order valence-corrected chi connectivity index (χ2v) is 4.76. The summed E-state index contributed by atoms with van der Waals surface area (Å²) in [5.74, 6) is 5.97. The van der Waals surface area contributed by atoms with Crippen molar-refractivity contribution >= 4 is 11.0 Å². The highest BCUT2D eigenvalue weighted by atomic mass is 19.1. The first-order valence-corrected chi connectivity index (χ1v) is 6.24. The van der Waals surface area contributed by atoms with Gasteiger partial charge in [0.25, 0.3) is 0 Å². The van der Waals surface area contributed by atoms with Crippen LogP contribution in [0.15, 0.2) is 34.7 Å². The minimum absolute atomic E-state index is 0.293. The lowest BCUT2D eigenvalue weighted by Gasteiger charge is -2.13. The summed E-state index contributed by atoms with van der Waals surface area (Å²) in [6.45, 7) is 1.91. The van der Waals surface area contributed by atoms with Crippen LogP contribution in [0.25, 0.3) is 11.0 Å². The predicted molar refractivity (Wildman–Crippen MR) is 73.3 cm³/mol. The van der Waals surface area contributed by atoms with E-state index in [1.54, 1.807) is 16.8 Å². The molecule has 0 aliphatic rings. The molecule has 2 aromatic heterocycles. The standard InChI is InChI=1S/C14H15FN4O/c1-8-5-11(19(2)18-8)14(17-16)13-7-9-6-10(15)3-4-12(9)20-13/h3-7,14,17H,16H2,1-2H3. The van der Waals surface area contributed by atoms with E-state index in [1.165, 1.54) is 12.1 Å². The maximum atomic E-state index is 13.2. The van der Waals surface area contributed by atoms with E-state index in [4.69, 9.17) is 10.3 Å². The SMILES string of the molecule is Cc1cc(C(NN)c2cc3cc(F)ccc3o2)n(C)n1. The van der Waals surface area contributed by atoms with E-state index >= 15 is 0 Å². The fraction of sp³-hybridized carbons (Fsp3) is 0.214. The zero-order chi connectivity index (χ0) is 14.3. The van der Waals surface area contributed by atoms with Crippen molar-refractivity contribution in [1.82, 2.24) is 15.2 Å². The number of fused-ring (bicyclic) bond motifs is 1. The minimum Gasteiger partial charge on any atom is -0.459 e. The topological polar surface area (TPSA) is 69.0 Å². The van der Waals surface area contributed by atoms with E-state index in [-0.39, 0.29) is 11.9 Å². The van der Waals surface area contributed by atoms with Crippen molar-refractivity contribution in [3.63, 3.8) is 0 Å². The van der Waals surface area contributed by atoms with Crippen LogP contribution in [0.1, 0.15) is 23.2 Å². The van der Waals surface area contributed by atoms with Crippen LogP contribution in [-0.4, -0.2) is 9.78 Å². The quantitative estimate of drug-likeness (QED) is 0.567. The van der Waals surface area contributed by atoms with Crippen LogP contribution in [-0.2, 0) is 7.05 Å². The van der Waals surface area contributed by atoms with Gasteiger partial charge in [0, 0.05) is 12.4 Å². The molecule has 0 fully saturated rings. The fourth-order valence-electron chi connectivity index (χ4n) is 2.39. The average molecular weight is 274 g/mol. The summed E-state index contributed by atoms with van der Waals surface area (Å²) in [4.78, 5) is 0. The summed E-state index contributed by atoms with van der Waals surface area (Å²) in [5.41, 5.74) is 5.11. The van der Waals surface area contributed by atoms with E-state index in [0.29, 0.717) is 16.7 Å². The Morgan fingerprint density at radius 3 is 2.80 bits per heavy atom. The van der Waals surface area contributed by atoms with Gasteiger partial charge in [-0.05, 0) is 37.3 Å². The van der Waals surface area contributed by atoms with Gasteiger partial charge in [-0.3, -0.25) is 10.5 Å². The lowest BCUT2D eigenvalue weighted by Crippen LogP contribution is -2.30. The number of hydrazine groups is 1. The second kappa shape index (κ2) is 4.73. The maximum Gasteiger partial charge on any atom is 0.134 e. The van der Waals surface area contributed by atoms with Crippen molar-refractivity contribution in [1.29, 1.82) is 0 Å². The average Bonchev–Trinajstić information content (AvgIpc) is 2.94. The number of rotatable bonds is 3. The van der Waals surface area contributed by atoms with Crippen LogP contribution in [0.2, 0.25) is 0 Å². The highest BCUT2D eigenvalue weighted by Gasteiger charge is 2.21. The number of nitrogens with zero attached hydrogens (tertiary/aromatic N) is 2. The Bertz CT molecular complexity index is 762. The van der Waals surface area contributed by atoms with Gasteiger partial charge in [0.1, 0.15) is 23.2 Å². The van der Waals surface area contributed by atoms with Gasteiger partial charge in [-0.15, -0.1) is 0 Å². The van der Waals surface area contributed by atoms with Crippen LogP contribution < -0.4 is 11.3 Å². The van der Waals surface area contributed by atoms with Gasteiger partial charge in [0.2, 0.25) is 0 Å². The number of hydrogen-bond donors (Lipinski definition) is 2. The van der Waals surface area contributed by atoms with E-state index < -0.39 is 0 Å². The largest absolute Gasteiger partial charge is 0.459 e. The third-order valence-electron chi connectivity index (χ3n) is 3.28. The number of halogens is 1. The van der Waals surface area contributed by atoms with Gasteiger partial charge < -0.3 is 4.42 Å². The molecule has 2 heterocycles. The molecule has 5 nitrogen and oxygen atoms in total. The molecule has 3 rings (SSSR count). The first-order valence-electron chi connectivity index (χ1n) is 6.24. The third kappa shape index (κ3) is 2.09. The molecule has 0 amide bonds. The molecule has 0 spiro atoms. The number of nitrogens with two attached hydrogens (primary N) is 1. The lowest BCUT2D eigenvalue weighted by molar-refractivity contribution is 0.458. The molecule has 20 heavy (non-hydrogen) atoms. The van der Waals surface area contributed by atoms with Crippen molar-refractivity contribution in [3.05, 3.63) is 53.3 Å². The Morgan fingerprint density at radius 1 is 1.35 bits per heavy atom. The molecule has 1 unspecified atom stereocenters. The molecule has 0 saturated carbocycles. The number of benzene rings is 1. The van der Waals surface area contributed by atoms with E-state index in [0.717, 1.165) is 11.4 Å². The number of aryl methyl sites for hydroxylation is 2. The Labute approximate surface area is 115 Å². The molecule has 3 N–H and O–H groups in total. The van der Waals surface area contributed by atoms with Gasteiger partial charge in [0.05, 0.1) is 11.4 Å². The molecular formula is C14H15FN4O. The number of aromatic nitrogens is 2. The Kier molecular flexibility index (Phi) is 3.04. The number of hydrogen-bond acceptors (Lipinski definition) is 4. The Hall–Kier alpha value is -2.18. The Balaban J connectivity index is 2.09. The normalized spacial score (nSPS) is 13.0. The molecule has 0 saturated heterocycles. The summed E-state index contributed by atoms with van der Waals surface area (Å²) >= 11 is 0. The van der Waals surface area contributed by atoms with Gasteiger partial charge in [-0.2, -0.15) is 5.10 Å². The number of nitrogens with one attached hydrogen (secondary N) is 1. The molecule has 0 radical (unpaired) electrons. The van der Waals surface area contributed by atoms with E-state index in [2.05, 4.69) is 10.5 Å². The van der Waals surface area contributed by atoms with Crippen LogP contribution >= 0.6 is 0 Å². The van der Waals surface area contributed by atoms with E-state index in [1.807, 2.05) is 20.0 Å². The van der Waals surface area contributed by atoms with Crippen LogP contribution in [0.4, 0.5) is 4.39 Å².